The second-order valence-corrected chi connectivity index (χ2v) is 9.53. The van der Waals surface area contributed by atoms with Crippen molar-refractivity contribution in [1.82, 2.24) is 9.80 Å². The Bertz CT molecular complexity index is 815. The number of para-hydroxylation sites is 1. The summed E-state index contributed by atoms with van der Waals surface area (Å²) in [5.74, 6) is 0.100. The first-order valence-corrected chi connectivity index (χ1v) is 10.7. The summed E-state index contributed by atoms with van der Waals surface area (Å²) >= 11 is 0. The Morgan fingerprint density at radius 3 is 2.58 bits per heavy atom. The third kappa shape index (κ3) is 4.10. The Kier molecular flexibility index (Phi) is 5.39. The van der Waals surface area contributed by atoms with Crippen LogP contribution in [0, 0.1) is 0 Å². The number of carbonyl (C=O) groups excluding carboxylic acids is 1. The van der Waals surface area contributed by atoms with Crippen LogP contribution in [0.3, 0.4) is 0 Å². The molecular formula is C19H26N2O4S. The maximum atomic E-state index is 12.8. The van der Waals surface area contributed by atoms with E-state index in [1.807, 2.05) is 13.8 Å². The van der Waals surface area contributed by atoms with Gasteiger partial charge in [-0.25, -0.2) is 8.42 Å². The molecule has 2 aliphatic heterocycles. The van der Waals surface area contributed by atoms with Gasteiger partial charge in [0.25, 0.3) is 0 Å². The largest absolute Gasteiger partial charge is 0.508 e. The maximum Gasteiger partial charge on any atom is 0.227 e. The van der Waals surface area contributed by atoms with Crippen molar-refractivity contribution in [3.8, 4) is 5.75 Å². The second-order valence-electron chi connectivity index (χ2n) is 7.38. The minimum absolute atomic E-state index is 0.0233. The number of rotatable bonds is 4. The van der Waals surface area contributed by atoms with E-state index >= 15 is 0 Å². The van der Waals surface area contributed by atoms with E-state index < -0.39 is 9.84 Å². The van der Waals surface area contributed by atoms with Gasteiger partial charge in [0.15, 0.2) is 9.84 Å². The zero-order valence-electron chi connectivity index (χ0n) is 15.3. The third-order valence-electron chi connectivity index (χ3n) is 5.18. The number of nitrogens with zero attached hydrogens (tertiary/aromatic N) is 2. The summed E-state index contributed by atoms with van der Waals surface area (Å²) in [5, 5.41) is 9.91. The minimum Gasteiger partial charge on any atom is -0.508 e. The SMILES string of the molecule is CC(C)=CCN1CCN(C(=O)Cc2ccccc2O)[C@H]2CS(=O)(=O)C[C@H]21. The van der Waals surface area contributed by atoms with Gasteiger partial charge in [-0.05, 0) is 19.9 Å². The highest BCUT2D eigenvalue weighted by Gasteiger charge is 2.47. The predicted octanol–water partition coefficient (Wildman–Crippen LogP) is 1.21. The number of piperazine rings is 1. The van der Waals surface area contributed by atoms with Crippen molar-refractivity contribution in [2.75, 3.05) is 31.1 Å². The molecule has 0 aliphatic carbocycles. The fourth-order valence-corrected chi connectivity index (χ4v) is 5.80. The highest BCUT2D eigenvalue weighted by molar-refractivity contribution is 7.91. The zero-order valence-corrected chi connectivity index (χ0v) is 16.1. The van der Waals surface area contributed by atoms with Crippen molar-refractivity contribution >= 4 is 15.7 Å². The molecule has 2 fully saturated rings. The number of phenols is 1. The van der Waals surface area contributed by atoms with Crippen LogP contribution in [-0.2, 0) is 21.1 Å². The Morgan fingerprint density at radius 2 is 1.88 bits per heavy atom. The van der Waals surface area contributed by atoms with Crippen molar-refractivity contribution in [3.63, 3.8) is 0 Å². The average Bonchev–Trinajstić information content (AvgIpc) is 2.89. The topological polar surface area (TPSA) is 77.9 Å². The quantitative estimate of drug-likeness (QED) is 0.797. The van der Waals surface area contributed by atoms with E-state index in [-0.39, 0.29) is 41.7 Å². The lowest BCUT2D eigenvalue weighted by molar-refractivity contribution is -0.136. The van der Waals surface area contributed by atoms with Crippen LogP contribution in [0.15, 0.2) is 35.9 Å². The number of fused-ring (bicyclic) bond motifs is 1. The van der Waals surface area contributed by atoms with Gasteiger partial charge in [0.1, 0.15) is 5.75 Å². The monoisotopic (exact) mass is 378 g/mol. The van der Waals surface area contributed by atoms with Crippen molar-refractivity contribution in [1.29, 1.82) is 0 Å². The fourth-order valence-electron chi connectivity index (χ4n) is 3.79. The van der Waals surface area contributed by atoms with Crippen molar-refractivity contribution in [2.24, 2.45) is 0 Å². The molecule has 0 radical (unpaired) electrons. The summed E-state index contributed by atoms with van der Waals surface area (Å²) in [6.45, 7) is 5.93. The number of hydrogen-bond donors (Lipinski definition) is 1. The molecule has 2 saturated heterocycles. The van der Waals surface area contributed by atoms with Crippen LogP contribution in [0.5, 0.6) is 5.75 Å². The number of allylic oxidation sites excluding steroid dienone is 1. The number of amides is 1. The summed E-state index contributed by atoms with van der Waals surface area (Å²) in [6.07, 6.45) is 2.19. The van der Waals surface area contributed by atoms with E-state index in [9.17, 15) is 18.3 Å². The van der Waals surface area contributed by atoms with Crippen molar-refractivity contribution < 1.29 is 18.3 Å². The number of sulfone groups is 1. The van der Waals surface area contributed by atoms with E-state index in [0.29, 0.717) is 25.2 Å². The molecule has 1 aromatic carbocycles. The van der Waals surface area contributed by atoms with Crippen LogP contribution < -0.4 is 0 Å². The van der Waals surface area contributed by atoms with Crippen molar-refractivity contribution in [2.45, 2.75) is 32.4 Å². The average molecular weight is 378 g/mol. The van der Waals surface area contributed by atoms with Crippen LogP contribution in [0.25, 0.3) is 0 Å². The predicted molar refractivity (Wildman–Crippen MR) is 101 cm³/mol. The second kappa shape index (κ2) is 7.40. The lowest BCUT2D eigenvalue weighted by Gasteiger charge is -2.43. The highest BCUT2D eigenvalue weighted by Crippen LogP contribution is 2.28. The molecule has 0 bridgehead atoms. The van der Waals surface area contributed by atoms with E-state index in [1.165, 1.54) is 5.57 Å². The molecule has 1 aromatic rings. The zero-order chi connectivity index (χ0) is 18.9. The molecule has 1 N–H and O–H groups in total. The summed E-state index contributed by atoms with van der Waals surface area (Å²) in [5.41, 5.74) is 1.77. The molecule has 2 aliphatic rings. The van der Waals surface area contributed by atoms with Gasteiger partial charge in [0.05, 0.1) is 24.0 Å². The smallest absolute Gasteiger partial charge is 0.227 e. The third-order valence-corrected chi connectivity index (χ3v) is 6.88. The molecule has 26 heavy (non-hydrogen) atoms. The van der Waals surface area contributed by atoms with E-state index in [4.69, 9.17) is 0 Å². The van der Waals surface area contributed by atoms with Gasteiger partial charge >= 0.3 is 0 Å². The minimum atomic E-state index is -3.15. The number of benzene rings is 1. The number of hydrogen-bond acceptors (Lipinski definition) is 5. The first kappa shape index (κ1) is 18.9. The molecule has 0 saturated carbocycles. The lowest BCUT2D eigenvalue weighted by atomic mass is 10.0. The van der Waals surface area contributed by atoms with E-state index in [2.05, 4.69) is 11.0 Å². The molecule has 0 unspecified atom stereocenters. The van der Waals surface area contributed by atoms with Crippen LogP contribution in [-0.4, -0.2) is 72.5 Å². The van der Waals surface area contributed by atoms with E-state index in [1.54, 1.807) is 29.2 Å². The molecule has 6 nitrogen and oxygen atoms in total. The molecule has 0 spiro atoms. The Hall–Kier alpha value is -1.86. The van der Waals surface area contributed by atoms with Gasteiger partial charge < -0.3 is 10.0 Å². The van der Waals surface area contributed by atoms with Gasteiger partial charge in [0, 0.05) is 31.2 Å². The Labute approximate surface area is 155 Å². The standard InChI is InChI=1S/C19H26N2O4S/c1-14(2)7-8-20-9-10-21(17-13-26(24,25)12-16(17)20)19(23)11-15-5-3-4-6-18(15)22/h3-7,16-17,22H,8-13H2,1-2H3/t16-,17+/m1/s1. The molecule has 142 valence electrons. The Morgan fingerprint density at radius 1 is 1.19 bits per heavy atom. The fraction of sp³-hybridized carbons (Fsp3) is 0.526. The molecule has 3 rings (SSSR count). The molecule has 0 aromatic heterocycles. The molecule has 7 heteroatoms. The molecule has 2 atom stereocenters. The van der Waals surface area contributed by atoms with E-state index in [0.717, 1.165) is 0 Å². The Balaban J connectivity index is 1.78. The first-order chi connectivity index (χ1) is 12.3. The van der Waals surface area contributed by atoms with Gasteiger partial charge in [-0.2, -0.15) is 0 Å². The normalized spacial score (nSPS) is 24.9. The van der Waals surface area contributed by atoms with Gasteiger partial charge in [-0.3, -0.25) is 9.69 Å². The first-order valence-electron chi connectivity index (χ1n) is 8.91. The lowest BCUT2D eigenvalue weighted by Crippen LogP contribution is -2.60. The van der Waals surface area contributed by atoms with Gasteiger partial charge in [-0.15, -0.1) is 0 Å². The summed E-state index contributed by atoms with van der Waals surface area (Å²) in [7, 11) is -3.15. The van der Waals surface area contributed by atoms with Crippen molar-refractivity contribution in [3.05, 3.63) is 41.5 Å². The van der Waals surface area contributed by atoms with Crippen LogP contribution in [0.1, 0.15) is 19.4 Å². The summed E-state index contributed by atoms with van der Waals surface area (Å²) in [6, 6.07) is 6.31. The highest BCUT2D eigenvalue weighted by atomic mass is 32.2. The summed E-state index contributed by atoms with van der Waals surface area (Å²) < 4.78 is 24.5. The van der Waals surface area contributed by atoms with Crippen LogP contribution in [0.4, 0.5) is 0 Å². The van der Waals surface area contributed by atoms with Gasteiger partial charge in [-0.1, -0.05) is 29.8 Å². The molecular weight excluding hydrogens is 352 g/mol. The summed E-state index contributed by atoms with van der Waals surface area (Å²) in [4.78, 5) is 16.7. The number of phenolic OH excluding ortho intramolecular Hbond substituents is 1. The molecule has 2 heterocycles. The maximum absolute atomic E-state index is 12.8. The van der Waals surface area contributed by atoms with Crippen LogP contribution >= 0.6 is 0 Å². The molecule has 1 amide bonds. The number of aromatic hydroxyl groups is 1. The number of carbonyl (C=O) groups is 1. The van der Waals surface area contributed by atoms with Gasteiger partial charge in [0.2, 0.25) is 5.91 Å². The van der Waals surface area contributed by atoms with Crippen LogP contribution in [0.2, 0.25) is 0 Å².